The quantitative estimate of drug-likeness (QED) is 0.553. The van der Waals surface area contributed by atoms with Crippen LogP contribution in [0.2, 0.25) is 0 Å². The van der Waals surface area contributed by atoms with Gasteiger partial charge in [0.15, 0.2) is 6.61 Å². The van der Waals surface area contributed by atoms with E-state index in [1.165, 1.54) is 48.5 Å². The van der Waals surface area contributed by atoms with Crippen LogP contribution in [0.25, 0.3) is 6.08 Å². The molecule has 0 heterocycles. The summed E-state index contributed by atoms with van der Waals surface area (Å²) in [5, 5.41) is 8.73. The van der Waals surface area contributed by atoms with E-state index in [9.17, 15) is 18.4 Å². The summed E-state index contributed by atoms with van der Waals surface area (Å²) in [4.78, 5) is 25.1. The number of benzene rings is 2. The molecule has 0 saturated heterocycles. The lowest BCUT2D eigenvalue weighted by molar-refractivity contribution is -0.142. The number of hydrogen-bond donors (Lipinski definition) is 0. The predicted molar refractivity (Wildman–Crippen MR) is 95.4 cm³/mol. The molecule has 0 aliphatic rings. The molecule has 0 radical (unpaired) electrons. The first-order chi connectivity index (χ1) is 13.0. The van der Waals surface area contributed by atoms with Crippen LogP contribution in [0, 0.1) is 23.0 Å². The smallest absolute Gasteiger partial charge is 0.331 e. The van der Waals surface area contributed by atoms with Gasteiger partial charge in [-0.05, 0) is 35.9 Å². The first-order valence-electron chi connectivity index (χ1n) is 8.03. The lowest BCUT2D eigenvalue weighted by atomic mass is 10.2. The molecule has 0 N–H and O–H groups in total. The van der Waals surface area contributed by atoms with Crippen molar-refractivity contribution in [2.45, 2.75) is 6.42 Å². The van der Waals surface area contributed by atoms with Crippen LogP contribution in [0.15, 0.2) is 54.6 Å². The van der Waals surface area contributed by atoms with Crippen LogP contribution in [0.3, 0.4) is 0 Å². The molecule has 138 valence electrons. The molecular formula is C20H16F2N2O3. The summed E-state index contributed by atoms with van der Waals surface area (Å²) >= 11 is 0. The number of carbonyl (C=O) groups is 2. The lowest BCUT2D eigenvalue weighted by Crippen LogP contribution is -2.36. The van der Waals surface area contributed by atoms with Gasteiger partial charge in [0, 0.05) is 12.6 Å². The summed E-state index contributed by atoms with van der Waals surface area (Å²) in [5.74, 6) is -2.45. The summed E-state index contributed by atoms with van der Waals surface area (Å²) < 4.78 is 31.6. The summed E-state index contributed by atoms with van der Waals surface area (Å²) in [7, 11) is 0. The number of hydrogen-bond acceptors (Lipinski definition) is 4. The van der Waals surface area contributed by atoms with E-state index in [4.69, 9.17) is 10.00 Å². The molecule has 0 atom stereocenters. The highest BCUT2D eigenvalue weighted by molar-refractivity contribution is 5.96. The Labute approximate surface area is 155 Å². The third kappa shape index (κ3) is 6.04. The molecule has 2 aromatic carbocycles. The Kier molecular flexibility index (Phi) is 7.20. The van der Waals surface area contributed by atoms with Crippen LogP contribution in [0.1, 0.15) is 12.0 Å². The number of rotatable bonds is 7. The zero-order chi connectivity index (χ0) is 19.6. The van der Waals surface area contributed by atoms with E-state index in [0.29, 0.717) is 5.56 Å². The van der Waals surface area contributed by atoms with Crippen LogP contribution >= 0.6 is 0 Å². The second-order valence-electron chi connectivity index (χ2n) is 5.40. The summed E-state index contributed by atoms with van der Waals surface area (Å²) in [6, 6.07) is 13.0. The predicted octanol–water partition coefficient (Wildman–Crippen LogP) is 3.47. The average Bonchev–Trinajstić information content (AvgIpc) is 2.67. The minimum absolute atomic E-state index is 0.00150. The van der Waals surface area contributed by atoms with E-state index in [0.717, 1.165) is 11.0 Å². The largest absolute Gasteiger partial charge is 0.452 e. The number of ether oxygens (including phenoxy) is 1. The van der Waals surface area contributed by atoms with Crippen LogP contribution in [-0.2, 0) is 14.3 Å². The van der Waals surface area contributed by atoms with E-state index in [1.807, 2.05) is 6.07 Å². The van der Waals surface area contributed by atoms with Gasteiger partial charge in [0.05, 0.1) is 18.2 Å². The lowest BCUT2D eigenvalue weighted by Gasteiger charge is -2.21. The monoisotopic (exact) mass is 370 g/mol. The molecule has 2 aromatic rings. The second-order valence-corrected chi connectivity index (χ2v) is 5.40. The standard InChI is InChI=1S/C20H16F2N2O3/c21-16-9-6-15(7-10-16)8-11-20(26)27-14-19(25)24(13-3-12-23)18-5-2-1-4-17(18)22/h1-2,4-11H,3,13-14H2/b11-8+. The van der Waals surface area contributed by atoms with Crippen molar-refractivity contribution in [2.24, 2.45) is 0 Å². The molecule has 0 bridgehead atoms. The number of halogens is 2. The fraction of sp³-hybridized carbons (Fsp3) is 0.150. The molecule has 0 spiro atoms. The SMILES string of the molecule is N#CCCN(C(=O)COC(=O)/C=C/c1ccc(F)cc1)c1ccccc1F. The Hall–Kier alpha value is -3.53. The van der Waals surface area contributed by atoms with Gasteiger partial charge in [-0.15, -0.1) is 0 Å². The molecule has 5 nitrogen and oxygen atoms in total. The number of amides is 1. The Morgan fingerprint density at radius 1 is 1.11 bits per heavy atom. The number of para-hydroxylation sites is 1. The van der Waals surface area contributed by atoms with Crippen molar-refractivity contribution >= 4 is 23.6 Å². The first-order valence-corrected chi connectivity index (χ1v) is 8.03. The van der Waals surface area contributed by atoms with E-state index in [2.05, 4.69) is 0 Å². The van der Waals surface area contributed by atoms with Crippen molar-refractivity contribution in [2.75, 3.05) is 18.1 Å². The number of anilines is 1. The number of nitriles is 1. The minimum Gasteiger partial charge on any atom is -0.452 e. The molecule has 0 aromatic heterocycles. The zero-order valence-electron chi connectivity index (χ0n) is 14.3. The molecule has 0 fully saturated rings. The van der Waals surface area contributed by atoms with Gasteiger partial charge < -0.3 is 9.64 Å². The van der Waals surface area contributed by atoms with Crippen LogP contribution < -0.4 is 4.90 Å². The maximum atomic E-state index is 13.9. The Bertz CT molecular complexity index is 874. The number of nitrogens with zero attached hydrogens (tertiary/aromatic N) is 2. The summed E-state index contributed by atoms with van der Waals surface area (Å²) in [6.45, 7) is -0.633. The topological polar surface area (TPSA) is 70.4 Å². The van der Waals surface area contributed by atoms with Crippen molar-refractivity contribution in [3.8, 4) is 6.07 Å². The van der Waals surface area contributed by atoms with Crippen LogP contribution in [0.4, 0.5) is 14.5 Å². The third-order valence-electron chi connectivity index (χ3n) is 3.51. The molecule has 7 heteroatoms. The summed E-state index contributed by atoms with van der Waals surface area (Å²) in [6.07, 6.45) is 2.51. The third-order valence-corrected chi connectivity index (χ3v) is 3.51. The fourth-order valence-electron chi connectivity index (χ4n) is 2.21. The van der Waals surface area contributed by atoms with Crippen LogP contribution in [-0.4, -0.2) is 25.0 Å². The van der Waals surface area contributed by atoms with Crippen molar-refractivity contribution < 1.29 is 23.1 Å². The van der Waals surface area contributed by atoms with Gasteiger partial charge in [-0.1, -0.05) is 24.3 Å². The van der Waals surface area contributed by atoms with Crippen molar-refractivity contribution in [3.63, 3.8) is 0 Å². The van der Waals surface area contributed by atoms with E-state index < -0.39 is 30.1 Å². The maximum Gasteiger partial charge on any atom is 0.331 e. The molecule has 0 saturated carbocycles. The highest BCUT2D eigenvalue weighted by Gasteiger charge is 2.19. The highest BCUT2D eigenvalue weighted by Crippen LogP contribution is 2.19. The van der Waals surface area contributed by atoms with Gasteiger partial charge in [-0.25, -0.2) is 13.6 Å². The highest BCUT2D eigenvalue weighted by atomic mass is 19.1. The minimum atomic E-state index is -0.776. The Balaban J connectivity index is 1.98. The van der Waals surface area contributed by atoms with Gasteiger partial charge in [-0.3, -0.25) is 4.79 Å². The van der Waals surface area contributed by atoms with E-state index in [1.54, 1.807) is 6.07 Å². The Morgan fingerprint density at radius 2 is 1.81 bits per heavy atom. The fourth-order valence-corrected chi connectivity index (χ4v) is 2.21. The normalized spacial score (nSPS) is 10.4. The molecule has 0 aliphatic heterocycles. The Morgan fingerprint density at radius 3 is 2.48 bits per heavy atom. The van der Waals surface area contributed by atoms with Gasteiger partial charge >= 0.3 is 5.97 Å². The van der Waals surface area contributed by atoms with Gasteiger partial charge in [0.25, 0.3) is 5.91 Å². The number of esters is 1. The molecule has 1 amide bonds. The second kappa shape index (κ2) is 9.82. The van der Waals surface area contributed by atoms with Gasteiger partial charge in [0.1, 0.15) is 11.6 Å². The molecular weight excluding hydrogens is 354 g/mol. The molecule has 0 unspecified atom stereocenters. The molecule has 27 heavy (non-hydrogen) atoms. The molecule has 2 rings (SSSR count). The van der Waals surface area contributed by atoms with Crippen LogP contribution in [0.5, 0.6) is 0 Å². The average molecular weight is 370 g/mol. The maximum absolute atomic E-state index is 13.9. The number of carbonyl (C=O) groups excluding carboxylic acids is 2. The van der Waals surface area contributed by atoms with Crippen molar-refractivity contribution in [1.82, 2.24) is 0 Å². The zero-order valence-corrected chi connectivity index (χ0v) is 14.3. The molecule has 0 aliphatic carbocycles. The van der Waals surface area contributed by atoms with Crippen molar-refractivity contribution in [1.29, 1.82) is 5.26 Å². The summed E-state index contributed by atoms with van der Waals surface area (Å²) in [5.41, 5.74) is 0.595. The van der Waals surface area contributed by atoms with Gasteiger partial charge in [0.2, 0.25) is 0 Å². The first kappa shape index (κ1) is 19.8. The van der Waals surface area contributed by atoms with Gasteiger partial charge in [-0.2, -0.15) is 5.26 Å². The van der Waals surface area contributed by atoms with E-state index >= 15 is 0 Å². The van der Waals surface area contributed by atoms with E-state index in [-0.39, 0.29) is 18.7 Å². The van der Waals surface area contributed by atoms with Crippen molar-refractivity contribution in [3.05, 3.63) is 71.8 Å².